The molecule has 0 atom stereocenters. The summed E-state index contributed by atoms with van der Waals surface area (Å²) in [7, 11) is 0. The number of nitrogens with zero attached hydrogens (tertiary/aromatic N) is 1. The smallest absolute Gasteiger partial charge is 0.189 e. The van der Waals surface area contributed by atoms with E-state index in [9.17, 15) is 4.79 Å². The van der Waals surface area contributed by atoms with Crippen molar-refractivity contribution in [2.45, 2.75) is 6.42 Å². The first-order chi connectivity index (χ1) is 5.83. The van der Waals surface area contributed by atoms with E-state index < -0.39 is 0 Å². The van der Waals surface area contributed by atoms with Gasteiger partial charge in [0.15, 0.2) is 5.12 Å². The molecular formula is C8H16N2OS. The summed E-state index contributed by atoms with van der Waals surface area (Å²) in [5.41, 5.74) is 0. The third-order valence-electron chi connectivity index (χ3n) is 2.07. The number of nitrogens with one attached hydrogen (secondary N) is 1. The van der Waals surface area contributed by atoms with Crippen LogP contribution >= 0.6 is 11.8 Å². The van der Waals surface area contributed by atoms with Gasteiger partial charge in [-0.2, -0.15) is 0 Å². The molecule has 3 nitrogen and oxygen atoms in total. The van der Waals surface area contributed by atoms with Crippen LogP contribution in [0.25, 0.3) is 0 Å². The third kappa shape index (κ3) is 3.56. The molecule has 1 rings (SSSR count). The van der Waals surface area contributed by atoms with Gasteiger partial charge in [0.25, 0.3) is 0 Å². The summed E-state index contributed by atoms with van der Waals surface area (Å²) in [6, 6.07) is 0. The number of carbonyl (C=O) groups excluding carboxylic acids is 1. The molecule has 0 radical (unpaired) electrons. The number of hydrogen-bond acceptors (Lipinski definition) is 4. The van der Waals surface area contributed by atoms with E-state index in [0.717, 1.165) is 32.7 Å². The van der Waals surface area contributed by atoms with Crippen molar-refractivity contribution in [3.63, 3.8) is 0 Å². The molecule has 1 fully saturated rings. The molecule has 1 aliphatic rings. The molecule has 0 aromatic carbocycles. The van der Waals surface area contributed by atoms with Crippen LogP contribution in [0.3, 0.4) is 0 Å². The fraction of sp³-hybridized carbons (Fsp3) is 0.875. The number of thioether (sulfide) groups is 1. The van der Waals surface area contributed by atoms with Gasteiger partial charge in [0.05, 0.1) is 0 Å². The highest BCUT2D eigenvalue weighted by molar-refractivity contribution is 8.13. The van der Waals surface area contributed by atoms with Crippen LogP contribution in [0.4, 0.5) is 0 Å². The average Bonchev–Trinajstić information content (AvgIpc) is 2.16. The minimum absolute atomic E-state index is 0.300. The Bertz CT molecular complexity index is 146. The highest BCUT2D eigenvalue weighted by Crippen LogP contribution is 2.01. The summed E-state index contributed by atoms with van der Waals surface area (Å²) in [5, 5.41) is 3.58. The summed E-state index contributed by atoms with van der Waals surface area (Å²) < 4.78 is 0. The minimum Gasteiger partial charge on any atom is -0.314 e. The number of piperazine rings is 1. The largest absolute Gasteiger partial charge is 0.314 e. The predicted octanol–water partition coefficient (Wildman–Crippen LogP) is 0.171. The summed E-state index contributed by atoms with van der Waals surface area (Å²) in [4.78, 5) is 13.3. The van der Waals surface area contributed by atoms with E-state index in [-0.39, 0.29) is 0 Å². The van der Waals surface area contributed by atoms with Crippen LogP contribution in [0, 0.1) is 0 Å². The van der Waals surface area contributed by atoms with E-state index >= 15 is 0 Å². The lowest BCUT2D eigenvalue weighted by Crippen LogP contribution is -2.44. The summed E-state index contributed by atoms with van der Waals surface area (Å²) >= 11 is 1.33. The van der Waals surface area contributed by atoms with Crippen LogP contribution in [-0.4, -0.2) is 49.0 Å². The zero-order valence-electron chi connectivity index (χ0n) is 7.51. The Kier molecular flexibility index (Phi) is 4.65. The molecule has 1 heterocycles. The van der Waals surface area contributed by atoms with Gasteiger partial charge in [-0.05, 0) is 6.26 Å². The second-order valence-corrected chi connectivity index (χ2v) is 3.78. The first-order valence-electron chi connectivity index (χ1n) is 4.33. The molecule has 4 heteroatoms. The maximum atomic E-state index is 11.0. The van der Waals surface area contributed by atoms with Crippen LogP contribution in [0.1, 0.15) is 6.42 Å². The lowest BCUT2D eigenvalue weighted by atomic mass is 10.3. The van der Waals surface area contributed by atoms with Gasteiger partial charge >= 0.3 is 0 Å². The van der Waals surface area contributed by atoms with Crippen molar-refractivity contribution in [2.24, 2.45) is 0 Å². The number of carbonyl (C=O) groups is 1. The SMILES string of the molecule is CSC(=O)CCN1CCNCC1. The monoisotopic (exact) mass is 188 g/mol. The lowest BCUT2D eigenvalue weighted by Gasteiger charge is -2.26. The minimum atomic E-state index is 0.300. The van der Waals surface area contributed by atoms with E-state index in [2.05, 4.69) is 10.2 Å². The van der Waals surface area contributed by atoms with Gasteiger partial charge in [-0.15, -0.1) is 0 Å². The van der Waals surface area contributed by atoms with Crippen molar-refractivity contribution in [1.29, 1.82) is 0 Å². The Morgan fingerprint density at radius 1 is 1.50 bits per heavy atom. The van der Waals surface area contributed by atoms with E-state index in [1.54, 1.807) is 0 Å². The van der Waals surface area contributed by atoms with Crippen LogP contribution < -0.4 is 5.32 Å². The van der Waals surface area contributed by atoms with Gasteiger partial charge in [0, 0.05) is 39.1 Å². The first-order valence-corrected chi connectivity index (χ1v) is 5.55. The third-order valence-corrected chi connectivity index (χ3v) is 2.73. The first kappa shape index (κ1) is 10.0. The Hall–Kier alpha value is -0.0600. The topological polar surface area (TPSA) is 32.3 Å². The highest BCUT2D eigenvalue weighted by atomic mass is 32.2. The van der Waals surface area contributed by atoms with Gasteiger partial charge in [-0.3, -0.25) is 4.79 Å². The molecule has 0 unspecified atom stereocenters. The molecule has 0 amide bonds. The lowest BCUT2D eigenvalue weighted by molar-refractivity contribution is -0.111. The molecule has 0 spiro atoms. The van der Waals surface area contributed by atoms with Crippen molar-refractivity contribution in [2.75, 3.05) is 39.0 Å². The van der Waals surface area contributed by atoms with E-state index in [0.29, 0.717) is 11.5 Å². The van der Waals surface area contributed by atoms with Crippen molar-refractivity contribution >= 4 is 16.9 Å². The molecule has 1 aliphatic heterocycles. The average molecular weight is 188 g/mol. The molecule has 0 saturated carbocycles. The number of hydrogen-bond donors (Lipinski definition) is 1. The van der Waals surface area contributed by atoms with Crippen LogP contribution in [0.2, 0.25) is 0 Å². The Morgan fingerprint density at radius 3 is 2.75 bits per heavy atom. The fourth-order valence-electron chi connectivity index (χ4n) is 1.29. The fourth-order valence-corrected chi connectivity index (χ4v) is 1.58. The Labute approximate surface area is 77.9 Å². The van der Waals surface area contributed by atoms with Gasteiger partial charge in [0.2, 0.25) is 0 Å². The van der Waals surface area contributed by atoms with Crippen LogP contribution in [-0.2, 0) is 4.79 Å². The number of rotatable bonds is 3. The van der Waals surface area contributed by atoms with Gasteiger partial charge in [0.1, 0.15) is 0 Å². The summed E-state index contributed by atoms with van der Waals surface area (Å²) in [6.45, 7) is 5.23. The van der Waals surface area contributed by atoms with Crippen molar-refractivity contribution in [1.82, 2.24) is 10.2 Å². The second kappa shape index (κ2) is 5.56. The van der Waals surface area contributed by atoms with Crippen molar-refractivity contribution < 1.29 is 4.79 Å². The van der Waals surface area contributed by atoms with Gasteiger partial charge < -0.3 is 10.2 Å². The van der Waals surface area contributed by atoms with Gasteiger partial charge in [-0.25, -0.2) is 0 Å². The summed E-state index contributed by atoms with van der Waals surface area (Å²) in [6.07, 6.45) is 2.54. The normalized spacial score (nSPS) is 19.4. The van der Waals surface area contributed by atoms with Crippen molar-refractivity contribution in [3.05, 3.63) is 0 Å². The molecule has 12 heavy (non-hydrogen) atoms. The zero-order chi connectivity index (χ0) is 8.81. The van der Waals surface area contributed by atoms with Crippen molar-refractivity contribution in [3.8, 4) is 0 Å². The summed E-state index contributed by atoms with van der Waals surface area (Å²) in [5.74, 6) is 0. The van der Waals surface area contributed by atoms with E-state index in [1.165, 1.54) is 11.8 Å². The molecule has 0 bridgehead atoms. The Balaban J connectivity index is 2.09. The van der Waals surface area contributed by atoms with E-state index in [4.69, 9.17) is 0 Å². The molecule has 0 aliphatic carbocycles. The molecule has 1 saturated heterocycles. The maximum Gasteiger partial charge on any atom is 0.189 e. The molecule has 70 valence electrons. The van der Waals surface area contributed by atoms with Crippen LogP contribution in [0.15, 0.2) is 0 Å². The maximum absolute atomic E-state index is 11.0. The zero-order valence-corrected chi connectivity index (χ0v) is 8.32. The highest BCUT2D eigenvalue weighted by Gasteiger charge is 2.10. The molecule has 0 aromatic heterocycles. The molecule has 1 N–H and O–H groups in total. The standard InChI is InChI=1S/C8H16N2OS/c1-12-8(11)2-5-10-6-3-9-4-7-10/h9H,2-7H2,1H3. The Morgan fingerprint density at radius 2 is 2.17 bits per heavy atom. The van der Waals surface area contributed by atoms with Gasteiger partial charge in [-0.1, -0.05) is 11.8 Å². The predicted molar refractivity (Wildman–Crippen MR) is 52.4 cm³/mol. The molecule has 0 aromatic rings. The quantitative estimate of drug-likeness (QED) is 0.684. The molecular weight excluding hydrogens is 172 g/mol. The second-order valence-electron chi connectivity index (χ2n) is 2.92. The van der Waals surface area contributed by atoms with Crippen LogP contribution in [0.5, 0.6) is 0 Å². The van der Waals surface area contributed by atoms with E-state index in [1.807, 2.05) is 6.26 Å².